The van der Waals surface area contributed by atoms with Crippen molar-refractivity contribution >= 4 is 16.5 Å². The quantitative estimate of drug-likeness (QED) is 0.201. The fourth-order valence-corrected chi connectivity index (χ4v) is 2.70. The number of hydrogen-bond acceptors (Lipinski definition) is 6. The van der Waals surface area contributed by atoms with E-state index in [1.807, 2.05) is 0 Å². The van der Waals surface area contributed by atoms with Crippen molar-refractivity contribution in [2.45, 2.75) is 90.9 Å². The molecule has 156 valence electrons. The zero-order valence-corrected chi connectivity index (χ0v) is 18.7. The van der Waals surface area contributed by atoms with Gasteiger partial charge in [0.2, 0.25) is 0 Å². The van der Waals surface area contributed by atoms with Gasteiger partial charge in [-0.3, -0.25) is 0 Å². The molecule has 0 rings (SSSR count). The minimum absolute atomic E-state index is 0. The first-order valence-corrected chi connectivity index (χ1v) is 11.7. The van der Waals surface area contributed by atoms with Crippen molar-refractivity contribution in [2.24, 2.45) is 0 Å². The van der Waals surface area contributed by atoms with Gasteiger partial charge >= 0.3 is 16.5 Å². The zero-order valence-electron chi connectivity index (χ0n) is 15.7. The van der Waals surface area contributed by atoms with Crippen molar-refractivity contribution in [1.29, 1.82) is 0 Å². The first-order valence-electron chi connectivity index (χ1n) is 9.22. The molecule has 6 nitrogen and oxygen atoms in total. The van der Waals surface area contributed by atoms with E-state index >= 15 is 0 Å². The van der Waals surface area contributed by atoms with Crippen LogP contribution in [0.1, 0.15) is 90.9 Å². The smallest absolute Gasteiger partial charge is 0.781 e. The van der Waals surface area contributed by atoms with E-state index in [-0.39, 0.29) is 16.5 Å². The molecule has 0 saturated carbocycles. The first kappa shape index (κ1) is 30.5. The summed E-state index contributed by atoms with van der Waals surface area (Å²) in [7, 11) is -5.86. The molecule has 0 amide bonds. The van der Waals surface area contributed by atoms with Crippen LogP contribution in [0.5, 0.6) is 0 Å². The topological polar surface area (TPSA) is 98.7 Å². The molecule has 0 spiro atoms. The van der Waals surface area contributed by atoms with Crippen LogP contribution in [-0.2, 0) is 34.7 Å². The Morgan fingerprint density at radius 1 is 0.600 bits per heavy atom. The summed E-state index contributed by atoms with van der Waals surface area (Å²) >= 11 is 0. The summed E-state index contributed by atoms with van der Waals surface area (Å²) in [6.07, 6.45) is 13.8. The normalized spacial score (nSPS) is 12.6. The third-order valence-electron chi connectivity index (χ3n) is 3.44. The van der Waals surface area contributed by atoms with Crippen molar-refractivity contribution < 1.29 is 44.5 Å². The SMILES string of the molecule is CCCCCCCCO[PH](=O)[O-].CCCCCCCCO[PH](=O)[O-].[Ni+2]. The van der Waals surface area contributed by atoms with Gasteiger partial charge in [0.05, 0.1) is 13.2 Å². The molecule has 0 aromatic carbocycles. The van der Waals surface area contributed by atoms with E-state index in [2.05, 4.69) is 22.9 Å². The maximum atomic E-state index is 9.99. The van der Waals surface area contributed by atoms with Crippen LogP contribution >= 0.6 is 16.5 Å². The summed E-state index contributed by atoms with van der Waals surface area (Å²) in [5, 5.41) is 0. The fourth-order valence-electron chi connectivity index (χ4n) is 2.08. The van der Waals surface area contributed by atoms with Crippen molar-refractivity contribution in [3.63, 3.8) is 0 Å². The summed E-state index contributed by atoms with van der Waals surface area (Å²) in [5.41, 5.74) is 0. The van der Waals surface area contributed by atoms with E-state index in [1.54, 1.807) is 0 Å². The van der Waals surface area contributed by atoms with Crippen LogP contribution in [0.25, 0.3) is 0 Å². The Balaban J connectivity index is -0.000000372. The Morgan fingerprint density at radius 3 is 1.16 bits per heavy atom. The van der Waals surface area contributed by atoms with Gasteiger partial charge in [-0.25, -0.2) is 0 Å². The Bertz CT molecular complexity index is 268. The monoisotopic (exact) mass is 444 g/mol. The van der Waals surface area contributed by atoms with Crippen LogP contribution < -0.4 is 9.79 Å². The molecule has 2 atom stereocenters. The number of hydrogen-bond donors (Lipinski definition) is 0. The van der Waals surface area contributed by atoms with Gasteiger partial charge in [-0.1, -0.05) is 78.1 Å². The molecule has 9 heteroatoms. The molecule has 25 heavy (non-hydrogen) atoms. The second kappa shape index (κ2) is 27.0. The fraction of sp³-hybridized carbons (Fsp3) is 1.00. The molecular formula is C16H36NiO6P2. The summed E-state index contributed by atoms with van der Waals surface area (Å²) in [5.74, 6) is 0. The summed E-state index contributed by atoms with van der Waals surface area (Å²) in [4.78, 5) is 20.0. The molecule has 0 radical (unpaired) electrons. The van der Waals surface area contributed by atoms with Crippen LogP contribution in [0.2, 0.25) is 0 Å². The van der Waals surface area contributed by atoms with Gasteiger partial charge in [-0.05, 0) is 12.8 Å². The van der Waals surface area contributed by atoms with E-state index in [0.29, 0.717) is 13.2 Å². The Hall–Kier alpha value is 0.794. The second-order valence-electron chi connectivity index (χ2n) is 5.73. The maximum Gasteiger partial charge on any atom is 2.00 e. The van der Waals surface area contributed by atoms with Crippen LogP contribution in [0, 0.1) is 0 Å². The van der Waals surface area contributed by atoms with Crippen LogP contribution in [-0.4, -0.2) is 13.2 Å². The second-order valence-corrected chi connectivity index (χ2v) is 7.31. The Morgan fingerprint density at radius 2 is 0.880 bits per heavy atom. The minimum Gasteiger partial charge on any atom is -0.781 e. The van der Waals surface area contributed by atoms with Crippen LogP contribution in [0.4, 0.5) is 0 Å². The molecule has 0 saturated heterocycles. The Labute approximate surface area is 165 Å². The minimum atomic E-state index is -2.93. The third kappa shape index (κ3) is 36.5. The average molecular weight is 445 g/mol. The van der Waals surface area contributed by atoms with Crippen molar-refractivity contribution in [1.82, 2.24) is 0 Å². The van der Waals surface area contributed by atoms with Crippen molar-refractivity contribution in [3.8, 4) is 0 Å². The molecule has 0 bridgehead atoms. The van der Waals surface area contributed by atoms with E-state index in [9.17, 15) is 18.9 Å². The molecule has 0 N–H and O–H groups in total. The largest absolute Gasteiger partial charge is 2.00 e. The Kier molecular flexibility index (Phi) is 33.0. The van der Waals surface area contributed by atoms with Crippen LogP contribution in [0.3, 0.4) is 0 Å². The molecule has 0 aromatic rings. The summed E-state index contributed by atoms with van der Waals surface area (Å²) in [6.45, 7) is 5.08. The molecular weight excluding hydrogens is 409 g/mol. The molecule has 0 aliphatic rings. The van der Waals surface area contributed by atoms with E-state index in [0.717, 1.165) is 25.7 Å². The summed E-state index contributed by atoms with van der Waals surface area (Å²) < 4.78 is 28.9. The standard InChI is InChI=1S/2C8H19O3P.Ni/c2*1-2-3-4-5-6-7-8-11-12(9)10;/h2*12H,2-8H2,1H3,(H,9,10);/q;;+2/p-2. The first-order chi connectivity index (χ1) is 11.5. The van der Waals surface area contributed by atoms with E-state index in [4.69, 9.17) is 0 Å². The predicted octanol–water partition coefficient (Wildman–Crippen LogP) is 4.22. The molecule has 0 aliphatic carbocycles. The van der Waals surface area contributed by atoms with Gasteiger partial charge in [0, 0.05) is 0 Å². The van der Waals surface area contributed by atoms with Gasteiger partial charge < -0.3 is 28.0 Å². The number of rotatable bonds is 16. The predicted molar refractivity (Wildman–Crippen MR) is 96.7 cm³/mol. The maximum absolute atomic E-state index is 9.99. The van der Waals surface area contributed by atoms with Crippen LogP contribution in [0.15, 0.2) is 0 Å². The van der Waals surface area contributed by atoms with Gasteiger partial charge in [0.25, 0.3) is 0 Å². The van der Waals surface area contributed by atoms with E-state index < -0.39 is 16.5 Å². The number of unbranched alkanes of at least 4 members (excludes halogenated alkanes) is 10. The molecule has 0 aliphatic heterocycles. The van der Waals surface area contributed by atoms with E-state index in [1.165, 1.54) is 51.4 Å². The van der Waals surface area contributed by atoms with Gasteiger partial charge in [0.15, 0.2) is 0 Å². The zero-order chi connectivity index (χ0) is 18.5. The van der Waals surface area contributed by atoms with Gasteiger partial charge in [0.1, 0.15) is 16.5 Å². The van der Waals surface area contributed by atoms with Crippen molar-refractivity contribution in [2.75, 3.05) is 13.2 Å². The summed E-state index contributed by atoms with van der Waals surface area (Å²) in [6, 6.07) is 0. The molecule has 0 heterocycles. The van der Waals surface area contributed by atoms with Gasteiger partial charge in [-0.2, -0.15) is 0 Å². The average Bonchev–Trinajstić information content (AvgIpc) is 2.53. The molecule has 2 unspecified atom stereocenters. The van der Waals surface area contributed by atoms with Gasteiger partial charge in [-0.15, -0.1) is 0 Å². The molecule has 0 aromatic heterocycles. The third-order valence-corrected chi connectivity index (χ3v) is 4.32. The van der Waals surface area contributed by atoms with Crippen molar-refractivity contribution in [3.05, 3.63) is 0 Å². The molecule has 0 fully saturated rings.